The van der Waals surface area contributed by atoms with Gasteiger partial charge in [0.25, 0.3) is 5.91 Å². The molecule has 0 bridgehead atoms. The number of benzene rings is 1. The third-order valence-corrected chi connectivity index (χ3v) is 4.56. The van der Waals surface area contributed by atoms with E-state index in [1.165, 1.54) is 4.90 Å². The van der Waals surface area contributed by atoms with E-state index in [4.69, 9.17) is 16.0 Å². The first kappa shape index (κ1) is 17.2. The van der Waals surface area contributed by atoms with Crippen molar-refractivity contribution in [1.29, 1.82) is 0 Å². The number of fused-ring (bicyclic) bond motifs is 1. The van der Waals surface area contributed by atoms with Crippen molar-refractivity contribution >= 4 is 29.1 Å². The third-order valence-electron chi connectivity index (χ3n) is 4.31. The van der Waals surface area contributed by atoms with Gasteiger partial charge >= 0.3 is 0 Å². The van der Waals surface area contributed by atoms with Crippen molar-refractivity contribution in [1.82, 2.24) is 4.90 Å². The minimum atomic E-state index is -0.468. The normalized spacial score (nSPS) is 14.0. The number of hydrogen-bond acceptors (Lipinski definition) is 4. The molecule has 0 N–H and O–H groups in total. The summed E-state index contributed by atoms with van der Waals surface area (Å²) in [5.74, 6) is -1.04. The summed E-state index contributed by atoms with van der Waals surface area (Å²) in [6, 6.07) is 6.68. The first-order valence-corrected chi connectivity index (χ1v) is 8.03. The zero-order valence-corrected chi connectivity index (χ0v) is 15.0. The maximum atomic E-state index is 12.8. The van der Waals surface area contributed by atoms with E-state index < -0.39 is 5.91 Å². The van der Waals surface area contributed by atoms with Crippen molar-refractivity contribution in [2.75, 3.05) is 14.1 Å². The number of amides is 1. The van der Waals surface area contributed by atoms with Crippen LogP contribution in [0, 0.1) is 0 Å². The molecule has 128 valence electrons. The van der Waals surface area contributed by atoms with Crippen LogP contribution in [0.3, 0.4) is 0 Å². The Labute approximate surface area is 149 Å². The average Bonchev–Trinajstić information content (AvgIpc) is 2.98. The number of furan rings is 1. The summed E-state index contributed by atoms with van der Waals surface area (Å²) in [6.45, 7) is 3.18. The van der Waals surface area contributed by atoms with Gasteiger partial charge in [0.2, 0.25) is 5.76 Å². The molecular formula is C19H16ClNO4. The molecule has 1 aromatic heterocycles. The van der Waals surface area contributed by atoms with Crippen LogP contribution < -0.4 is 0 Å². The van der Waals surface area contributed by atoms with E-state index in [-0.39, 0.29) is 34.2 Å². The SMILES string of the molecule is CC1=C(C)C(=O)c2c(-c3ccc(Cl)cc3)oc(C(=O)N(C)C)c2C1=O. The Bertz CT molecular complexity index is 949. The molecule has 0 unspecified atom stereocenters. The minimum Gasteiger partial charge on any atom is -0.449 e. The fourth-order valence-corrected chi connectivity index (χ4v) is 2.86. The summed E-state index contributed by atoms with van der Waals surface area (Å²) in [5.41, 5.74) is 1.44. The van der Waals surface area contributed by atoms with Gasteiger partial charge in [-0.25, -0.2) is 0 Å². The molecule has 5 nitrogen and oxygen atoms in total. The van der Waals surface area contributed by atoms with Crippen molar-refractivity contribution in [2.45, 2.75) is 13.8 Å². The Morgan fingerprint density at radius 3 is 2.00 bits per heavy atom. The molecule has 2 aromatic rings. The third kappa shape index (κ3) is 2.61. The summed E-state index contributed by atoms with van der Waals surface area (Å²) in [4.78, 5) is 39.4. The second-order valence-corrected chi connectivity index (χ2v) is 6.56. The van der Waals surface area contributed by atoms with E-state index in [1.807, 2.05) is 0 Å². The lowest BCUT2D eigenvalue weighted by molar-refractivity contribution is 0.0791. The molecular weight excluding hydrogens is 342 g/mol. The zero-order valence-electron chi connectivity index (χ0n) is 14.3. The van der Waals surface area contributed by atoms with Gasteiger partial charge in [-0.05, 0) is 38.1 Å². The highest BCUT2D eigenvalue weighted by Gasteiger charge is 2.39. The van der Waals surface area contributed by atoms with Gasteiger partial charge in [0.05, 0.1) is 11.1 Å². The van der Waals surface area contributed by atoms with Gasteiger partial charge in [0.15, 0.2) is 11.6 Å². The summed E-state index contributed by atoms with van der Waals surface area (Å²) < 4.78 is 5.75. The molecule has 0 radical (unpaired) electrons. The van der Waals surface area contributed by atoms with Gasteiger partial charge < -0.3 is 9.32 Å². The highest BCUT2D eigenvalue weighted by Crippen LogP contribution is 2.38. The number of carbonyl (C=O) groups excluding carboxylic acids is 3. The number of hydrogen-bond donors (Lipinski definition) is 0. The Kier molecular flexibility index (Phi) is 4.13. The number of halogens is 1. The van der Waals surface area contributed by atoms with E-state index >= 15 is 0 Å². The molecule has 25 heavy (non-hydrogen) atoms. The summed E-state index contributed by atoms with van der Waals surface area (Å²) in [5, 5.41) is 0.531. The maximum absolute atomic E-state index is 12.8. The molecule has 3 rings (SSSR count). The van der Waals surface area contributed by atoms with Crippen LogP contribution in [0.5, 0.6) is 0 Å². The van der Waals surface area contributed by atoms with Gasteiger partial charge in [0.1, 0.15) is 5.76 Å². The van der Waals surface area contributed by atoms with Crippen LogP contribution in [0.1, 0.15) is 45.1 Å². The van der Waals surface area contributed by atoms with Crippen LogP contribution in [-0.2, 0) is 0 Å². The van der Waals surface area contributed by atoms with E-state index in [1.54, 1.807) is 52.2 Å². The first-order valence-electron chi connectivity index (χ1n) is 7.65. The van der Waals surface area contributed by atoms with E-state index in [0.29, 0.717) is 21.7 Å². The van der Waals surface area contributed by atoms with E-state index in [2.05, 4.69) is 0 Å². The topological polar surface area (TPSA) is 67.6 Å². The summed E-state index contributed by atoms with van der Waals surface area (Å²) >= 11 is 5.91. The predicted octanol–water partition coefficient (Wildman–Crippen LogP) is 4.02. The summed E-state index contributed by atoms with van der Waals surface area (Å²) in [7, 11) is 3.12. The molecule has 0 saturated carbocycles. The van der Waals surface area contributed by atoms with Crippen LogP contribution in [0.25, 0.3) is 11.3 Å². The fraction of sp³-hybridized carbons (Fsp3) is 0.211. The van der Waals surface area contributed by atoms with Crippen LogP contribution in [-0.4, -0.2) is 36.5 Å². The molecule has 0 aliphatic heterocycles. The highest BCUT2D eigenvalue weighted by atomic mass is 35.5. The number of carbonyl (C=O) groups is 3. The average molecular weight is 358 g/mol. The van der Waals surface area contributed by atoms with Crippen molar-refractivity contribution in [2.24, 2.45) is 0 Å². The summed E-state index contributed by atoms with van der Waals surface area (Å²) in [6.07, 6.45) is 0. The predicted molar refractivity (Wildman–Crippen MR) is 94.2 cm³/mol. The first-order chi connectivity index (χ1) is 11.7. The smallest absolute Gasteiger partial charge is 0.289 e. The lowest BCUT2D eigenvalue weighted by Crippen LogP contribution is -2.26. The van der Waals surface area contributed by atoms with Crippen LogP contribution in [0.4, 0.5) is 0 Å². The Morgan fingerprint density at radius 2 is 1.48 bits per heavy atom. The molecule has 0 fully saturated rings. The molecule has 0 saturated heterocycles. The Hall–Kier alpha value is -2.66. The van der Waals surface area contributed by atoms with Crippen LogP contribution >= 0.6 is 11.6 Å². The van der Waals surface area contributed by atoms with E-state index in [0.717, 1.165) is 0 Å². The minimum absolute atomic E-state index is 0.0387. The highest BCUT2D eigenvalue weighted by molar-refractivity contribution is 6.31. The molecule has 1 aliphatic carbocycles. The number of allylic oxidation sites excluding steroid dienone is 2. The lowest BCUT2D eigenvalue weighted by atomic mass is 9.84. The van der Waals surface area contributed by atoms with Crippen molar-refractivity contribution in [3.05, 3.63) is 57.3 Å². The van der Waals surface area contributed by atoms with Gasteiger partial charge in [-0.3, -0.25) is 14.4 Å². The lowest BCUT2D eigenvalue weighted by Gasteiger charge is -2.15. The van der Waals surface area contributed by atoms with Crippen molar-refractivity contribution in [3.63, 3.8) is 0 Å². The van der Waals surface area contributed by atoms with Crippen molar-refractivity contribution in [3.8, 4) is 11.3 Å². The molecule has 1 aromatic carbocycles. The Morgan fingerprint density at radius 1 is 0.960 bits per heavy atom. The standard InChI is InChI=1S/C19H16ClNO4/c1-9-10(2)16(23)14-13(15(9)22)17(11-5-7-12(20)8-6-11)25-18(14)19(24)21(3)4/h5-8H,1-4H3. The molecule has 1 aliphatic rings. The maximum Gasteiger partial charge on any atom is 0.289 e. The quantitative estimate of drug-likeness (QED) is 0.814. The molecule has 1 heterocycles. The van der Waals surface area contributed by atoms with Crippen LogP contribution in [0.2, 0.25) is 5.02 Å². The number of rotatable bonds is 2. The number of ketones is 2. The molecule has 0 spiro atoms. The Balaban J connectivity index is 2.34. The molecule has 0 atom stereocenters. The monoisotopic (exact) mass is 357 g/mol. The number of Topliss-reactive ketones (excluding diaryl/α,β-unsaturated/α-hetero) is 2. The second-order valence-electron chi connectivity index (χ2n) is 6.13. The van der Waals surface area contributed by atoms with Gasteiger partial charge in [-0.15, -0.1) is 0 Å². The number of nitrogens with zero attached hydrogens (tertiary/aromatic N) is 1. The largest absolute Gasteiger partial charge is 0.449 e. The zero-order chi connectivity index (χ0) is 18.5. The van der Waals surface area contributed by atoms with E-state index in [9.17, 15) is 14.4 Å². The van der Waals surface area contributed by atoms with Gasteiger partial charge in [-0.1, -0.05) is 11.6 Å². The van der Waals surface area contributed by atoms with Gasteiger partial charge in [-0.2, -0.15) is 0 Å². The van der Waals surface area contributed by atoms with Crippen LogP contribution in [0.15, 0.2) is 39.8 Å². The van der Waals surface area contributed by atoms with Crippen molar-refractivity contribution < 1.29 is 18.8 Å². The fourth-order valence-electron chi connectivity index (χ4n) is 2.74. The van der Waals surface area contributed by atoms with Gasteiger partial charge in [0, 0.05) is 35.8 Å². The molecule has 1 amide bonds. The second kappa shape index (κ2) is 6.01. The molecule has 6 heteroatoms.